The van der Waals surface area contributed by atoms with E-state index in [2.05, 4.69) is 49.6 Å². The maximum atomic E-state index is 2.24. The molecule has 0 unspecified atom stereocenters. The van der Waals surface area contributed by atoms with Gasteiger partial charge in [-0.1, -0.05) is 26.0 Å². The Bertz CT molecular complexity index is 413. The van der Waals surface area contributed by atoms with Crippen LogP contribution in [0, 0.1) is 0 Å². The van der Waals surface area contributed by atoms with Gasteiger partial charge in [0.1, 0.15) is 0 Å². The quantitative estimate of drug-likeness (QED) is 0.586. The first-order chi connectivity index (χ1) is 6.29. The summed E-state index contributed by atoms with van der Waals surface area (Å²) < 4.78 is 1.38. The van der Waals surface area contributed by atoms with E-state index in [-0.39, 0.29) is 0 Å². The largest absolute Gasteiger partial charge is 0.238 e. The van der Waals surface area contributed by atoms with Gasteiger partial charge in [0.25, 0.3) is 0 Å². The van der Waals surface area contributed by atoms with E-state index in [1.54, 1.807) is 0 Å². The molecule has 66 valence electrons. The molecule has 0 aliphatic heterocycles. The van der Waals surface area contributed by atoms with Gasteiger partial charge in [0.05, 0.1) is 0 Å². The normalized spacial score (nSPS) is 11.0. The summed E-state index contributed by atoms with van der Waals surface area (Å²) in [5, 5.41) is 3.59. The van der Waals surface area contributed by atoms with Gasteiger partial charge in [0, 0.05) is 11.5 Å². The van der Waals surface area contributed by atoms with Crippen LogP contribution in [0.5, 0.6) is 0 Å². The molecule has 2 rings (SSSR count). The van der Waals surface area contributed by atoms with E-state index in [1.807, 2.05) is 11.3 Å². The van der Waals surface area contributed by atoms with Gasteiger partial charge >= 0.3 is 0 Å². The molecule has 0 radical (unpaired) electrons. The monoisotopic (exact) mass is 189 g/mol. The summed E-state index contributed by atoms with van der Waals surface area (Å²) in [6.07, 6.45) is 0. The zero-order chi connectivity index (χ0) is 9.26. The molecule has 1 aromatic heterocycles. The highest BCUT2D eigenvalue weighted by Gasteiger charge is 2.09. The molecule has 2 aromatic rings. The average Bonchev–Trinajstić information content (AvgIpc) is 2.17. The molecule has 13 heavy (non-hydrogen) atoms. The Labute approximate surface area is 82.9 Å². The minimum absolute atomic E-state index is 0.610. The van der Waals surface area contributed by atoms with Crippen molar-refractivity contribution in [3.05, 3.63) is 41.3 Å². The highest BCUT2D eigenvalue weighted by atomic mass is 32.1. The number of hydrogen-bond acceptors (Lipinski definition) is 0. The van der Waals surface area contributed by atoms with Crippen LogP contribution < -0.4 is 0 Å². The minimum atomic E-state index is 0.610. The molecule has 0 fully saturated rings. The molecule has 1 heteroatoms. The van der Waals surface area contributed by atoms with Gasteiger partial charge in [-0.25, -0.2) is 0 Å². The molecule has 0 N–H and O–H groups in total. The van der Waals surface area contributed by atoms with Crippen molar-refractivity contribution in [3.8, 4) is 0 Å². The highest BCUT2D eigenvalue weighted by molar-refractivity contribution is 7.16. The van der Waals surface area contributed by atoms with Crippen LogP contribution >= 0.6 is 11.3 Å². The standard InChI is InChI=1S/C12H13S/c1-9(2)10-7-8-13-12-6-4-3-5-11(10)12/h3-9H,1-2H3/q+1. The smallest absolute Gasteiger partial charge is 0.0613 e. The summed E-state index contributed by atoms with van der Waals surface area (Å²) in [5.74, 6) is 0.610. The van der Waals surface area contributed by atoms with E-state index in [0.29, 0.717) is 5.92 Å². The van der Waals surface area contributed by atoms with E-state index in [1.165, 1.54) is 15.6 Å². The second kappa shape index (κ2) is 3.43. The van der Waals surface area contributed by atoms with Gasteiger partial charge in [-0.3, -0.25) is 0 Å². The van der Waals surface area contributed by atoms with E-state index in [9.17, 15) is 0 Å². The Hall–Kier alpha value is -0.950. The molecule has 0 nitrogen and oxygen atoms in total. The fourth-order valence-electron chi connectivity index (χ4n) is 1.58. The fourth-order valence-corrected chi connectivity index (χ4v) is 2.41. The van der Waals surface area contributed by atoms with Crippen molar-refractivity contribution in [2.24, 2.45) is 0 Å². The third-order valence-corrected chi connectivity index (χ3v) is 3.14. The lowest BCUT2D eigenvalue weighted by atomic mass is 10.0. The van der Waals surface area contributed by atoms with Gasteiger partial charge in [-0.15, -0.1) is 0 Å². The fraction of sp³-hybridized carbons (Fsp3) is 0.250. The first-order valence-corrected chi connectivity index (χ1v) is 5.46. The summed E-state index contributed by atoms with van der Waals surface area (Å²) in [6.45, 7) is 4.49. The number of fused-ring (bicyclic) bond motifs is 1. The second-order valence-electron chi connectivity index (χ2n) is 3.53. The van der Waals surface area contributed by atoms with Crippen LogP contribution in [-0.4, -0.2) is 0 Å². The number of benzene rings is 1. The molecule has 1 heterocycles. The lowest BCUT2D eigenvalue weighted by molar-refractivity contribution is 0.877. The Morgan fingerprint density at radius 2 is 1.85 bits per heavy atom. The Balaban J connectivity index is 2.76. The predicted molar refractivity (Wildman–Crippen MR) is 60.3 cm³/mol. The van der Waals surface area contributed by atoms with Gasteiger partial charge in [-0.05, 0) is 23.6 Å². The van der Waals surface area contributed by atoms with Crippen molar-refractivity contribution in [1.82, 2.24) is 0 Å². The lowest BCUT2D eigenvalue weighted by Crippen LogP contribution is -1.87. The summed E-state index contributed by atoms with van der Waals surface area (Å²) in [6, 6.07) is 10.8. The van der Waals surface area contributed by atoms with Crippen molar-refractivity contribution in [2.45, 2.75) is 19.8 Å². The SMILES string of the molecule is CC(C)c1cc[s+]c2ccccc12. The molecular formula is C12H13S+. The van der Waals surface area contributed by atoms with E-state index in [4.69, 9.17) is 0 Å². The maximum Gasteiger partial charge on any atom is 0.238 e. The third kappa shape index (κ3) is 1.56. The van der Waals surface area contributed by atoms with Crippen molar-refractivity contribution in [2.75, 3.05) is 0 Å². The summed E-state index contributed by atoms with van der Waals surface area (Å²) in [7, 11) is 0. The zero-order valence-electron chi connectivity index (χ0n) is 7.95. The third-order valence-electron chi connectivity index (χ3n) is 2.26. The molecule has 0 amide bonds. The van der Waals surface area contributed by atoms with Crippen LogP contribution in [0.3, 0.4) is 0 Å². The molecule has 0 spiro atoms. The Morgan fingerprint density at radius 1 is 1.08 bits per heavy atom. The number of hydrogen-bond donors (Lipinski definition) is 0. The van der Waals surface area contributed by atoms with Gasteiger partial charge < -0.3 is 0 Å². The molecular weight excluding hydrogens is 176 g/mol. The first-order valence-electron chi connectivity index (χ1n) is 4.58. The van der Waals surface area contributed by atoms with Crippen LogP contribution in [0.15, 0.2) is 35.7 Å². The summed E-state index contributed by atoms with van der Waals surface area (Å²) in [5.41, 5.74) is 1.45. The topological polar surface area (TPSA) is 0 Å². The molecule has 0 saturated heterocycles. The summed E-state index contributed by atoms with van der Waals surface area (Å²) in [4.78, 5) is 0. The zero-order valence-corrected chi connectivity index (χ0v) is 8.77. The molecule has 0 bridgehead atoms. The Morgan fingerprint density at radius 3 is 2.62 bits per heavy atom. The van der Waals surface area contributed by atoms with Crippen molar-refractivity contribution >= 4 is 21.4 Å². The highest BCUT2D eigenvalue weighted by Crippen LogP contribution is 2.27. The average molecular weight is 189 g/mol. The van der Waals surface area contributed by atoms with Crippen molar-refractivity contribution in [1.29, 1.82) is 0 Å². The van der Waals surface area contributed by atoms with Gasteiger partial charge in [-0.2, -0.15) is 0 Å². The summed E-state index contributed by atoms with van der Waals surface area (Å²) >= 11 is 1.81. The van der Waals surface area contributed by atoms with Crippen LogP contribution in [0.2, 0.25) is 0 Å². The van der Waals surface area contributed by atoms with Crippen LogP contribution in [0.25, 0.3) is 10.1 Å². The second-order valence-corrected chi connectivity index (χ2v) is 4.47. The maximum absolute atomic E-state index is 2.24. The molecule has 0 aliphatic rings. The Kier molecular flexibility index (Phi) is 2.28. The van der Waals surface area contributed by atoms with Crippen molar-refractivity contribution < 1.29 is 0 Å². The first kappa shape index (κ1) is 8.64. The molecule has 1 aromatic carbocycles. The van der Waals surface area contributed by atoms with Crippen LogP contribution in [-0.2, 0) is 0 Å². The number of rotatable bonds is 1. The van der Waals surface area contributed by atoms with Crippen LogP contribution in [0.1, 0.15) is 25.3 Å². The van der Waals surface area contributed by atoms with Gasteiger partial charge in [0.15, 0.2) is 5.38 Å². The van der Waals surface area contributed by atoms with E-state index < -0.39 is 0 Å². The van der Waals surface area contributed by atoms with E-state index >= 15 is 0 Å². The van der Waals surface area contributed by atoms with E-state index in [0.717, 1.165) is 0 Å². The van der Waals surface area contributed by atoms with Crippen LogP contribution in [0.4, 0.5) is 0 Å². The van der Waals surface area contributed by atoms with Crippen molar-refractivity contribution in [3.63, 3.8) is 0 Å². The van der Waals surface area contributed by atoms with Gasteiger partial charge in [0.2, 0.25) is 16.0 Å². The minimum Gasteiger partial charge on any atom is -0.0613 e. The lowest BCUT2D eigenvalue weighted by Gasteiger charge is -2.04. The molecule has 0 saturated carbocycles. The molecule has 0 atom stereocenters. The molecule has 0 aliphatic carbocycles. The predicted octanol–water partition coefficient (Wildman–Crippen LogP) is 4.31.